The van der Waals surface area contributed by atoms with E-state index in [1.807, 2.05) is 0 Å². The third kappa shape index (κ3) is 16.2. The predicted octanol–water partition coefficient (Wildman–Crippen LogP) is 7.80. The van der Waals surface area contributed by atoms with Crippen molar-refractivity contribution in [1.82, 2.24) is 0 Å². The van der Waals surface area contributed by atoms with Crippen LogP contribution in [0.15, 0.2) is 0 Å². The fraction of sp³-hybridized carbons (Fsp3) is 1.00. The SMILES string of the molecule is CCC(C)CCCCC[Si](C)(O[Si](C)(C)C)O[Si](C)(C)O[Si](C)(C)O[Si](C)(C)C. The molecular formula is C20H52O4Si5. The molecule has 2 unspecified atom stereocenters. The third-order valence-corrected chi connectivity index (χ3v) is 22.0. The summed E-state index contributed by atoms with van der Waals surface area (Å²) in [5.74, 6) is 0.839. The minimum Gasteiger partial charge on any atom is -0.437 e. The zero-order chi connectivity index (χ0) is 23.1. The predicted molar refractivity (Wildman–Crippen MR) is 140 cm³/mol. The van der Waals surface area contributed by atoms with Crippen LogP contribution in [-0.2, 0) is 16.5 Å². The highest BCUT2D eigenvalue weighted by Gasteiger charge is 2.46. The standard InChI is InChI=1S/C20H52O4Si5/c1-14-20(2)18-16-15-17-19-29(13,22-26(6,7)8)24-28(11,12)23-27(9,10)21-25(3,4)5/h20H,14-19H2,1-13H3. The highest BCUT2D eigenvalue weighted by molar-refractivity contribution is 6.90. The molecule has 0 N–H and O–H groups in total. The lowest BCUT2D eigenvalue weighted by Crippen LogP contribution is -2.59. The summed E-state index contributed by atoms with van der Waals surface area (Å²) >= 11 is 0. The van der Waals surface area contributed by atoms with E-state index in [-0.39, 0.29) is 0 Å². The smallest absolute Gasteiger partial charge is 0.315 e. The van der Waals surface area contributed by atoms with Gasteiger partial charge in [0.25, 0.3) is 0 Å². The van der Waals surface area contributed by atoms with Crippen molar-refractivity contribution in [3.63, 3.8) is 0 Å². The van der Waals surface area contributed by atoms with Crippen LogP contribution in [0.5, 0.6) is 0 Å². The van der Waals surface area contributed by atoms with Crippen molar-refractivity contribution in [2.45, 2.75) is 124 Å². The highest BCUT2D eigenvalue weighted by atomic mass is 28.5. The number of rotatable bonds is 15. The number of hydrogen-bond donors (Lipinski definition) is 0. The summed E-state index contributed by atoms with van der Waals surface area (Å²) in [7, 11) is -10.2. The van der Waals surface area contributed by atoms with Crippen LogP contribution in [0.4, 0.5) is 0 Å². The van der Waals surface area contributed by atoms with Gasteiger partial charge < -0.3 is 16.5 Å². The fourth-order valence-corrected chi connectivity index (χ4v) is 27.3. The number of unbranched alkanes of at least 4 members (excludes halogenated alkanes) is 2. The monoisotopic (exact) mass is 496 g/mol. The van der Waals surface area contributed by atoms with Crippen molar-refractivity contribution < 1.29 is 16.5 Å². The molecule has 0 saturated heterocycles. The summed E-state index contributed by atoms with van der Waals surface area (Å²) in [5, 5.41) is 0. The zero-order valence-electron chi connectivity index (χ0n) is 22.0. The van der Waals surface area contributed by atoms with Crippen molar-refractivity contribution >= 4 is 42.3 Å². The summed E-state index contributed by atoms with van der Waals surface area (Å²) in [5.41, 5.74) is 0. The summed E-state index contributed by atoms with van der Waals surface area (Å²) in [6.45, 7) is 29.1. The lowest BCUT2D eigenvalue weighted by Gasteiger charge is -2.42. The maximum absolute atomic E-state index is 6.84. The lowest BCUT2D eigenvalue weighted by atomic mass is 10.0. The van der Waals surface area contributed by atoms with Gasteiger partial charge in [0.15, 0.2) is 16.6 Å². The maximum Gasteiger partial charge on any atom is 0.315 e. The molecule has 0 aliphatic rings. The van der Waals surface area contributed by atoms with Crippen LogP contribution in [0.1, 0.15) is 46.0 Å². The Morgan fingerprint density at radius 3 is 1.52 bits per heavy atom. The first-order valence-electron chi connectivity index (χ1n) is 11.6. The van der Waals surface area contributed by atoms with Crippen molar-refractivity contribution in [2.24, 2.45) is 5.92 Å². The molecule has 0 bridgehead atoms. The second kappa shape index (κ2) is 11.7. The van der Waals surface area contributed by atoms with Crippen LogP contribution < -0.4 is 0 Å². The molecule has 0 aromatic rings. The molecule has 0 radical (unpaired) electrons. The van der Waals surface area contributed by atoms with Gasteiger partial charge in [-0.05, 0) is 84.0 Å². The second-order valence-electron chi connectivity index (χ2n) is 11.7. The van der Waals surface area contributed by atoms with Crippen LogP contribution in [-0.4, -0.2) is 42.3 Å². The Labute approximate surface area is 188 Å². The van der Waals surface area contributed by atoms with Gasteiger partial charge in [-0.1, -0.05) is 46.0 Å². The summed E-state index contributed by atoms with van der Waals surface area (Å²) in [6.07, 6.45) is 6.40. The van der Waals surface area contributed by atoms with Gasteiger partial charge in [0, 0.05) is 0 Å². The molecule has 4 nitrogen and oxygen atoms in total. The molecule has 9 heteroatoms. The minimum absolute atomic E-state index is 0.839. The first-order valence-corrected chi connectivity index (χ1v) is 26.6. The first kappa shape index (κ1) is 29.9. The number of hydrogen-bond acceptors (Lipinski definition) is 4. The summed E-state index contributed by atoms with van der Waals surface area (Å²) in [6, 6.07) is 1.06. The van der Waals surface area contributed by atoms with Gasteiger partial charge in [-0.15, -0.1) is 0 Å². The van der Waals surface area contributed by atoms with Gasteiger partial charge in [-0.25, -0.2) is 0 Å². The Kier molecular flexibility index (Phi) is 12.1. The topological polar surface area (TPSA) is 36.9 Å². The van der Waals surface area contributed by atoms with E-state index in [2.05, 4.69) is 85.9 Å². The molecule has 0 amide bonds. The average Bonchev–Trinajstić information content (AvgIpc) is 2.39. The van der Waals surface area contributed by atoms with E-state index in [0.29, 0.717) is 0 Å². The molecule has 0 saturated carbocycles. The Morgan fingerprint density at radius 2 is 1.07 bits per heavy atom. The Balaban J connectivity index is 5.05. The summed E-state index contributed by atoms with van der Waals surface area (Å²) in [4.78, 5) is 0. The molecule has 0 rings (SSSR count). The minimum atomic E-state index is -2.35. The second-order valence-corrected chi connectivity index (χ2v) is 31.8. The van der Waals surface area contributed by atoms with Gasteiger partial charge in [-0.3, -0.25) is 0 Å². The van der Waals surface area contributed by atoms with Crippen molar-refractivity contribution in [2.75, 3.05) is 0 Å². The van der Waals surface area contributed by atoms with E-state index in [9.17, 15) is 0 Å². The van der Waals surface area contributed by atoms with Crippen molar-refractivity contribution in [3.05, 3.63) is 0 Å². The molecule has 176 valence electrons. The van der Waals surface area contributed by atoms with E-state index < -0.39 is 42.3 Å². The Hall–Kier alpha value is 0.924. The molecule has 0 aromatic carbocycles. The van der Waals surface area contributed by atoms with E-state index >= 15 is 0 Å². The average molecular weight is 497 g/mol. The molecule has 29 heavy (non-hydrogen) atoms. The van der Waals surface area contributed by atoms with E-state index in [0.717, 1.165) is 12.0 Å². The van der Waals surface area contributed by atoms with Crippen LogP contribution >= 0.6 is 0 Å². The van der Waals surface area contributed by atoms with Crippen LogP contribution in [0, 0.1) is 5.92 Å². The molecule has 2 atom stereocenters. The zero-order valence-corrected chi connectivity index (χ0v) is 27.0. The maximum atomic E-state index is 6.84. The van der Waals surface area contributed by atoms with Gasteiger partial charge in [0.1, 0.15) is 0 Å². The van der Waals surface area contributed by atoms with Gasteiger partial charge in [0.05, 0.1) is 0 Å². The fourth-order valence-electron chi connectivity index (χ4n) is 3.98. The van der Waals surface area contributed by atoms with Crippen LogP contribution in [0.3, 0.4) is 0 Å². The van der Waals surface area contributed by atoms with Crippen molar-refractivity contribution in [1.29, 1.82) is 0 Å². The Morgan fingerprint density at radius 1 is 0.586 bits per heavy atom. The highest BCUT2D eigenvalue weighted by Crippen LogP contribution is 2.29. The molecule has 0 aliphatic heterocycles. The van der Waals surface area contributed by atoms with E-state index in [1.54, 1.807) is 0 Å². The van der Waals surface area contributed by atoms with Gasteiger partial charge in [0.2, 0.25) is 0 Å². The molecule has 0 aromatic heterocycles. The van der Waals surface area contributed by atoms with Crippen molar-refractivity contribution in [3.8, 4) is 0 Å². The van der Waals surface area contributed by atoms with E-state index in [4.69, 9.17) is 16.5 Å². The molecule has 0 heterocycles. The molecule has 0 fully saturated rings. The molecular weight excluding hydrogens is 445 g/mol. The normalized spacial score (nSPS) is 17.3. The summed E-state index contributed by atoms with van der Waals surface area (Å²) < 4.78 is 26.6. The van der Waals surface area contributed by atoms with Crippen LogP contribution in [0.25, 0.3) is 0 Å². The third-order valence-electron chi connectivity index (χ3n) is 4.55. The lowest BCUT2D eigenvalue weighted by molar-refractivity contribution is 0.294. The molecule has 0 aliphatic carbocycles. The quantitative estimate of drug-likeness (QED) is 0.171. The van der Waals surface area contributed by atoms with E-state index in [1.165, 1.54) is 32.1 Å². The molecule has 0 spiro atoms. The van der Waals surface area contributed by atoms with Crippen LogP contribution in [0.2, 0.25) is 78.1 Å². The first-order chi connectivity index (χ1) is 12.8. The Bertz CT molecular complexity index is 474. The van der Waals surface area contributed by atoms with Gasteiger partial charge in [-0.2, -0.15) is 0 Å². The van der Waals surface area contributed by atoms with Gasteiger partial charge >= 0.3 is 25.7 Å². The largest absolute Gasteiger partial charge is 0.437 e.